The van der Waals surface area contributed by atoms with E-state index in [1.165, 1.54) is 22.7 Å². The molecule has 0 saturated carbocycles. The van der Waals surface area contributed by atoms with Crippen molar-refractivity contribution in [2.75, 3.05) is 0 Å². The van der Waals surface area contributed by atoms with Gasteiger partial charge in [0.05, 0.1) is 20.2 Å². The Morgan fingerprint density at radius 3 is 2.00 bits per heavy atom. The van der Waals surface area contributed by atoms with E-state index in [0.29, 0.717) is 9.21 Å². The molecule has 6 heteroatoms. The van der Waals surface area contributed by atoms with Crippen LogP contribution in [0.2, 0.25) is 8.67 Å². The molecule has 86 valence electrons. The van der Waals surface area contributed by atoms with Gasteiger partial charge in [-0.2, -0.15) is 0 Å². The SMILES string of the molecule is O=Cc1ccc(Cl)s1.OCc1ccc(Cl)s1. The monoisotopic (exact) mass is 294 g/mol. The maximum atomic E-state index is 9.97. The molecule has 2 heterocycles. The van der Waals surface area contributed by atoms with Gasteiger partial charge in [0.25, 0.3) is 0 Å². The van der Waals surface area contributed by atoms with Crippen molar-refractivity contribution in [2.24, 2.45) is 0 Å². The second-order valence-corrected chi connectivity index (χ2v) is 6.17. The number of halogens is 2. The molecule has 0 aliphatic carbocycles. The summed E-state index contributed by atoms with van der Waals surface area (Å²) in [7, 11) is 0. The number of rotatable bonds is 2. The molecule has 2 aromatic heterocycles. The van der Waals surface area contributed by atoms with Crippen molar-refractivity contribution in [3.05, 3.63) is 42.7 Å². The standard InChI is InChI=1S/C5H5ClOS.C5H3ClOS/c2*6-5-2-1-4(3-7)8-5/h1-2,7H,3H2;1-3H. The van der Waals surface area contributed by atoms with Gasteiger partial charge in [0.1, 0.15) is 0 Å². The zero-order valence-electron chi connectivity index (χ0n) is 8.02. The number of aliphatic hydroxyl groups is 1. The van der Waals surface area contributed by atoms with Crippen LogP contribution in [0, 0.1) is 0 Å². The van der Waals surface area contributed by atoms with Gasteiger partial charge in [-0.15, -0.1) is 22.7 Å². The van der Waals surface area contributed by atoms with Crippen molar-refractivity contribution < 1.29 is 9.90 Å². The second-order valence-electron chi connectivity index (χ2n) is 2.62. The smallest absolute Gasteiger partial charge is 0.160 e. The highest BCUT2D eigenvalue weighted by molar-refractivity contribution is 7.17. The van der Waals surface area contributed by atoms with E-state index in [1.54, 1.807) is 18.2 Å². The van der Waals surface area contributed by atoms with Crippen LogP contribution in [0.15, 0.2) is 24.3 Å². The van der Waals surface area contributed by atoms with E-state index in [1.807, 2.05) is 6.07 Å². The topological polar surface area (TPSA) is 37.3 Å². The highest BCUT2D eigenvalue weighted by Gasteiger charge is 1.92. The van der Waals surface area contributed by atoms with Gasteiger partial charge in [-0.1, -0.05) is 23.2 Å². The van der Waals surface area contributed by atoms with Gasteiger partial charge in [-0.25, -0.2) is 0 Å². The summed E-state index contributed by atoms with van der Waals surface area (Å²) in [5.74, 6) is 0. The first kappa shape index (κ1) is 13.7. The third kappa shape index (κ3) is 4.63. The maximum absolute atomic E-state index is 9.97. The molecule has 0 unspecified atom stereocenters. The van der Waals surface area contributed by atoms with Gasteiger partial charge in [-0.05, 0) is 24.3 Å². The zero-order valence-corrected chi connectivity index (χ0v) is 11.2. The van der Waals surface area contributed by atoms with Crippen molar-refractivity contribution in [1.29, 1.82) is 0 Å². The van der Waals surface area contributed by atoms with Crippen molar-refractivity contribution in [3.8, 4) is 0 Å². The summed E-state index contributed by atoms with van der Waals surface area (Å²) in [6, 6.07) is 6.99. The first-order valence-electron chi connectivity index (χ1n) is 4.21. The molecule has 2 aromatic rings. The van der Waals surface area contributed by atoms with E-state index in [-0.39, 0.29) is 6.61 Å². The maximum Gasteiger partial charge on any atom is 0.160 e. The highest BCUT2D eigenvalue weighted by atomic mass is 35.5. The normalized spacial score (nSPS) is 9.44. The van der Waals surface area contributed by atoms with E-state index in [2.05, 4.69) is 0 Å². The van der Waals surface area contributed by atoms with Crippen molar-refractivity contribution in [1.82, 2.24) is 0 Å². The lowest BCUT2D eigenvalue weighted by molar-refractivity contribution is 0.112. The molecule has 0 aromatic carbocycles. The molecule has 0 fully saturated rings. The molecule has 0 atom stereocenters. The summed E-state index contributed by atoms with van der Waals surface area (Å²) in [5, 5.41) is 8.50. The summed E-state index contributed by atoms with van der Waals surface area (Å²) in [4.78, 5) is 11.6. The Bertz CT molecular complexity index is 451. The number of aliphatic hydroxyl groups excluding tert-OH is 1. The zero-order chi connectivity index (χ0) is 12.0. The molecule has 0 saturated heterocycles. The van der Waals surface area contributed by atoms with Crippen molar-refractivity contribution >= 4 is 52.2 Å². The quantitative estimate of drug-likeness (QED) is 0.847. The molecule has 0 aliphatic rings. The molecule has 2 rings (SSSR count). The van der Waals surface area contributed by atoms with Crippen molar-refractivity contribution in [3.63, 3.8) is 0 Å². The Balaban J connectivity index is 0.000000160. The van der Waals surface area contributed by atoms with Crippen LogP contribution < -0.4 is 0 Å². The number of carbonyl (C=O) groups excluding carboxylic acids is 1. The molecular formula is C10H8Cl2O2S2. The minimum absolute atomic E-state index is 0.0946. The minimum atomic E-state index is 0.0946. The number of carbonyl (C=O) groups is 1. The molecule has 0 spiro atoms. The summed E-state index contributed by atoms with van der Waals surface area (Å²) < 4.78 is 1.39. The van der Waals surface area contributed by atoms with Gasteiger partial charge < -0.3 is 5.11 Å². The van der Waals surface area contributed by atoms with Crippen LogP contribution in [0.3, 0.4) is 0 Å². The number of thiophene rings is 2. The van der Waals surface area contributed by atoms with Gasteiger partial charge in [0.2, 0.25) is 0 Å². The molecule has 2 nitrogen and oxygen atoms in total. The first-order chi connectivity index (χ1) is 7.65. The van der Waals surface area contributed by atoms with Crippen LogP contribution in [0.5, 0.6) is 0 Å². The highest BCUT2D eigenvalue weighted by Crippen LogP contribution is 2.20. The Morgan fingerprint density at radius 1 is 1.12 bits per heavy atom. The molecule has 1 N–H and O–H groups in total. The van der Waals surface area contributed by atoms with E-state index in [0.717, 1.165) is 15.5 Å². The van der Waals surface area contributed by atoms with Crippen LogP contribution in [-0.2, 0) is 6.61 Å². The third-order valence-corrected chi connectivity index (χ3v) is 3.87. The summed E-state index contributed by atoms with van der Waals surface area (Å²) in [5.41, 5.74) is 0. The molecule has 16 heavy (non-hydrogen) atoms. The minimum Gasteiger partial charge on any atom is -0.391 e. The summed E-state index contributed by atoms with van der Waals surface area (Å²) in [6.45, 7) is 0.0946. The van der Waals surface area contributed by atoms with E-state index < -0.39 is 0 Å². The largest absolute Gasteiger partial charge is 0.391 e. The lowest BCUT2D eigenvalue weighted by Gasteiger charge is -1.79. The summed E-state index contributed by atoms with van der Waals surface area (Å²) in [6.07, 6.45) is 0.788. The molecule has 0 amide bonds. The second kappa shape index (κ2) is 7.04. The number of aldehydes is 1. The molecule has 0 aliphatic heterocycles. The van der Waals surface area contributed by atoms with E-state index in [9.17, 15) is 4.79 Å². The van der Waals surface area contributed by atoms with E-state index >= 15 is 0 Å². The Kier molecular flexibility index (Phi) is 6.01. The van der Waals surface area contributed by atoms with Crippen LogP contribution in [0.25, 0.3) is 0 Å². The van der Waals surface area contributed by atoms with Crippen LogP contribution >= 0.6 is 45.9 Å². The fraction of sp³-hybridized carbons (Fsp3) is 0.100. The Labute approximate surface area is 111 Å². The van der Waals surface area contributed by atoms with Gasteiger partial charge in [-0.3, -0.25) is 4.79 Å². The van der Waals surface area contributed by atoms with Crippen LogP contribution in [-0.4, -0.2) is 11.4 Å². The van der Waals surface area contributed by atoms with Gasteiger partial charge in [0.15, 0.2) is 6.29 Å². The number of hydrogen-bond acceptors (Lipinski definition) is 4. The lowest BCUT2D eigenvalue weighted by Crippen LogP contribution is -1.69. The average Bonchev–Trinajstić information content (AvgIpc) is 2.88. The Morgan fingerprint density at radius 2 is 1.75 bits per heavy atom. The van der Waals surface area contributed by atoms with Crippen molar-refractivity contribution in [2.45, 2.75) is 6.61 Å². The van der Waals surface area contributed by atoms with Gasteiger partial charge in [0, 0.05) is 4.88 Å². The molecule has 0 radical (unpaired) electrons. The average molecular weight is 295 g/mol. The van der Waals surface area contributed by atoms with Crippen LogP contribution in [0.4, 0.5) is 0 Å². The van der Waals surface area contributed by atoms with Crippen LogP contribution in [0.1, 0.15) is 14.5 Å². The predicted octanol–water partition coefficient (Wildman–Crippen LogP) is 4.11. The summed E-state index contributed by atoms with van der Waals surface area (Å²) >= 11 is 13.7. The molecular weight excluding hydrogens is 287 g/mol. The third-order valence-electron chi connectivity index (χ3n) is 1.49. The first-order valence-corrected chi connectivity index (χ1v) is 6.60. The fourth-order valence-electron chi connectivity index (χ4n) is 0.828. The van der Waals surface area contributed by atoms with E-state index in [4.69, 9.17) is 28.3 Å². The molecule has 0 bridgehead atoms. The Hall–Kier alpha value is -0.390. The van der Waals surface area contributed by atoms with Gasteiger partial charge >= 0.3 is 0 Å². The predicted molar refractivity (Wildman–Crippen MR) is 70.0 cm³/mol. The number of hydrogen-bond donors (Lipinski definition) is 1. The fourth-order valence-corrected chi connectivity index (χ4v) is 2.65. The lowest BCUT2D eigenvalue weighted by atomic mass is 10.5.